The van der Waals surface area contributed by atoms with Gasteiger partial charge in [-0.15, -0.1) is 0 Å². The third kappa shape index (κ3) is 4.28. The smallest absolute Gasteiger partial charge is 0.406 e. The number of amides is 1. The van der Waals surface area contributed by atoms with Crippen LogP contribution in [0.25, 0.3) is 33.5 Å². The second-order valence-corrected chi connectivity index (χ2v) is 6.77. The van der Waals surface area contributed by atoms with Crippen molar-refractivity contribution >= 4 is 28.2 Å². The maximum Gasteiger partial charge on any atom is 0.413 e. The fourth-order valence-electron chi connectivity index (χ4n) is 3.07. The fraction of sp³-hybridized carbons (Fsp3) is 0.263. The second-order valence-electron chi connectivity index (χ2n) is 6.77. The SMILES string of the molecule is C[C@@H](COC(F)F)NC(=O)Oc1c[nH]c2ncc(-c3nn(C)c4cc(F)ccc34)nc12. The van der Waals surface area contributed by atoms with Crippen LogP contribution in [0.4, 0.5) is 18.0 Å². The van der Waals surface area contributed by atoms with Gasteiger partial charge in [-0.2, -0.15) is 13.9 Å². The Balaban J connectivity index is 1.59. The quantitative estimate of drug-likeness (QED) is 0.482. The number of H-pyrrole nitrogens is 1. The van der Waals surface area contributed by atoms with E-state index >= 15 is 0 Å². The number of nitrogens with one attached hydrogen (secondary N) is 2. The number of benzene rings is 1. The minimum atomic E-state index is -2.93. The lowest BCUT2D eigenvalue weighted by Crippen LogP contribution is -2.38. The average Bonchev–Trinajstić information content (AvgIpc) is 3.27. The number of ether oxygens (including phenoxy) is 2. The van der Waals surface area contributed by atoms with Gasteiger partial charge in [-0.25, -0.2) is 19.2 Å². The molecule has 0 aliphatic carbocycles. The van der Waals surface area contributed by atoms with E-state index in [2.05, 4.69) is 30.1 Å². The zero-order chi connectivity index (χ0) is 22.1. The predicted octanol–water partition coefficient (Wildman–Crippen LogP) is 3.37. The Hall–Kier alpha value is -3.67. The van der Waals surface area contributed by atoms with Crippen molar-refractivity contribution < 1.29 is 27.4 Å². The highest BCUT2D eigenvalue weighted by Gasteiger charge is 2.18. The summed E-state index contributed by atoms with van der Waals surface area (Å²) < 4.78 is 48.7. The van der Waals surface area contributed by atoms with Crippen molar-refractivity contribution in [2.75, 3.05) is 6.61 Å². The lowest BCUT2D eigenvalue weighted by Gasteiger charge is -2.13. The van der Waals surface area contributed by atoms with Gasteiger partial charge in [0.15, 0.2) is 16.9 Å². The van der Waals surface area contributed by atoms with E-state index < -0.39 is 18.7 Å². The predicted molar refractivity (Wildman–Crippen MR) is 104 cm³/mol. The molecule has 0 aliphatic heterocycles. The van der Waals surface area contributed by atoms with E-state index in [4.69, 9.17) is 4.74 Å². The van der Waals surface area contributed by atoms with E-state index in [-0.39, 0.29) is 23.7 Å². The van der Waals surface area contributed by atoms with Crippen LogP contribution < -0.4 is 10.1 Å². The molecule has 0 fully saturated rings. The number of alkyl halides is 2. The largest absolute Gasteiger partial charge is 0.413 e. The molecule has 2 N–H and O–H groups in total. The third-order valence-corrected chi connectivity index (χ3v) is 4.44. The fourth-order valence-corrected chi connectivity index (χ4v) is 3.07. The maximum absolute atomic E-state index is 13.6. The van der Waals surface area contributed by atoms with Crippen molar-refractivity contribution in [2.24, 2.45) is 7.05 Å². The molecule has 12 heteroatoms. The molecule has 0 saturated carbocycles. The first-order chi connectivity index (χ1) is 14.8. The van der Waals surface area contributed by atoms with Gasteiger partial charge in [0.2, 0.25) is 0 Å². The molecular formula is C19H17F3N6O3. The summed E-state index contributed by atoms with van der Waals surface area (Å²) in [5, 5.41) is 7.47. The standard InChI is InChI=1S/C19H17F3N6O3/c1-9(8-30-18(21)22)25-19(29)31-14-7-24-17-16(14)26-12(6-23-17)15-11-4-3-10(20)5-13(11)28(2)27-15/h3-7,9,18H,8H2,1-2H3,(H,23,24)(H,25,29)/t9-/m0/s1. The van der Waals surface area contributed by atoms with Crippen LogP contribution in [0.2, 0.25) is 0 Å². The first-order valence-corrected chi connectivity index (χ1v) is 9.16. The van der Waals surface area contributed by atoms with E-state index in [0.717, 1.165) is 0 Å². The zero-order valence-electron chi connectivity index (χ0n) is 16.4. The number of carbonyl (C=O) groups excluding carboxylic acids is 1. The number of hydrogen-bond acceptors (Lipinski definition) is 6. The number of rotatable bonds is 6. The molecule has 1 atom stereocenters. The minimum absolute atomic E-state index is 0.0927. The van der Waals surface area contributed by atoms with E-state index in [1.54, 1.807) is 13.1 Å². The van der Waals surface area contributed by atoms with E-state index in [9.17, 15) is 18.0 Å². The summed E-state index contributed by atoms with van der Waals surface area (Å²) in [6, 6.07) is 3.59. The van der Waals surface area contributed by atoms with Gasteiger partial charge in [-0.05, 0) is 25.1 Å². The van der Waals surface area contributed by atoms with Crippen molar-refractivity contribution in [3.05, 3.63) is 36.4 Å². The number of carbonyl (C=O) groups is 1. The Morgan fingerprint density at radius 2 is 2.16 bits per heavy atom. The molecule has 0 saturated heterocycles. The van der Waals surface area contributed by atoms with Crippen LogP contribution in [0.5, 0.6) is 5.75 Å². The molecule has 0 spiro atoms. The molecule has 162 valence electrons. The molecule has 1 amide bonds. The molecule has 1 aromatic carbocycles. The van der Waals surface area contributed by atoms with Crippen LogP contribution in [0.3, 0.4) is 0 Å². The van der Waals surface area contributed by atoms with Gasteiger partial charge in [0.1, 0.15) is 17.2 Å². The number of aromatic amines is 1. The monoisotopic (exact) mass is 434 g/mol. The van der Waals surface area contributed by atoms with Gasteiger partial charge in [0.25, 0.3) is 0 Å². The van der Waals surface area contributed by atoms with Gasteiger partial charge in [0, 0.05) is 18.6 Å². The van der Waals surface area contributed by atoms with Crippen molar-refractivity contribution in [2.45, 2.75) is 19.6 Å². The van der Waals surface area contributed by atoms with Gasteiger partial charge in [-0.1, -0.05) is 0 Å². The summed E-state index contributed by atoms with van der Waals surface area (Å²) in [4.78, 5) is 23.7. The third-order valence-electron chi connectivity index (χ3n) is 4.44. The Morgan fingerprint density at radius 3 is 2.94 bits per heavy atom. The molecule has 0 radical (unpaired) electrons. The number of halogens is 3. The summed E-state index contributed by atoms with van der Waals surface area (Å²) >= 11 is 0. The van der Waals surface area contributed by atoms with Gasteiger partial charge < -0.3 is 19.8 Å². The lowest BCUT2D eigenvalue weighted by molar-refractivity contribution is -0.132. The van der Waals surface area contributed by atoms with Crippen LogP contribution in [0.1, 0.15) is 6.92 Å². The first kappa shape index (κ1) is 20.6. The Labute approximate surface area is 173 Å². The minimum Gasteiger partial charge on any atom is -0.406 e. The summed E-state index contributed by atoms with van der Waals surface area (Å²) in [6.45, 7) is -1.81. The normalized spacial score (nSPS) is 12.6. The number of nitrogens with zero attached hydrogens (tertiary/aromatic N) is 4. The Bertz CT molecular complexity index is 1260. The first-order valence-electron chi connectivity index (χ1n) is 9.16. The molecular weight excluding hydrogens is 417 g/mol. The van der Waals surface area contributed by atoms with Crippen LogP contribution in [0.15, 0.2) is 30.6 Å². The molecule has 0 bridgehead atoms. The molecule has 3 aromatic heterocycles. The molecule has 0 aliphatic rings. The van der Waals surface area contributed by atoms with Gasteiger partial charge in [-0.3, -0.25) is 4.68 Å². The average molecular weight is 434 g/mol. The van der Waals surface area contributed by atoms with Crippen molar-refractivity contribution in [1.29, 1.82) is 0 Å². The Morgan fingerprint density at radius 1 is 1.35 bits per heavy atom. The van der Waals surface area contributed by atoms with Crippen LogP contribution in [-0.4, -0.2) is 50.1 Å². The summed E-state index contributed by atoms with van der Waals surface area (Å²) in [5.41, 5.74) is 2.10. The second kappa shape index (κ2) is 8.22. The highest BCUT2D eigenvalue weighted by Crippen LogP contribution is 2.29. The number of hydrogen-bond donors (Lipinski definition) is 2. The molecule has 0 unspecified atom stereocenters. The maximum atomic E-state index is 13.6. The van der Waals surface area contributed by atoms with Gasteiger partial charge >= 0.3 is 12.7 Å². The topological polar surface area (TPSA) is 107 Å². The highest BCUT2D eigenvalue weighted by molar-refractivity contribution is 5.93. The van der Waals surface area contributed by atoms with Crippen LogP contribution in [0, 0.1) is 5.82 Å². The van der Waals surface area contributed by atoms with Crippen LogP contribution >= 0.6 is 0 Å². The number of aryl methyl sites for hydroxylation is 1. The Kier molecular flexibility index (Phi) is 5.46. The van der Waals surface area contributed by atoms with Crippen molar-refractivity contribution in [1.82, 2.24) is 30.0 Å². The van der Waals surface area contributed by atoms with Crippen molar-refractivity contribution in [3.63, 3.8) is 0 Å². The molecule has 9 nitrogen and oxygen atoms in total. The van der Waals surface area contributed by atoms with E-state index in [0.29, 0.717) is 27.9 Å². The number of aromatic nitrogens is 5. The lowest BCUT2D eigenvalue weighted by atomic mass is 10.1. The zero-order valence-corrected chi connectivity index (χ0v) is 16.4. The van der Waals surface area contributed by atoms with E-state index in [1.165, 1.54) is 36.1 Å². The molecule has 4 rings (SSSR count). The molecule has 4 aromatic rings. The van der Waals surface area contributed by atoms with E-state index in [1.807, 2.05) is 0 Å². The molecule has 3 heterocycles. The highest BCUT2D eigenvalue weighted by atomic mass is 19.3. The summed E-state index contributed by atoms with van der Waals surface area (Å²) in [5.74, 6) is -0.292. The summed E-state index contributed by atoms with van der Waals surface area (Å²) in [6.07, 6.45) is 2.04. The van der Waals surface area contributed by atoms with Gasteiger partial charge in [0.05, 0.1) is 24.4 Å². The van der Waals surface area contributed by atoms with Crippen molar-refractivity contribution in [3.8, 4) is 17.1 Å². The number of fused-ring (bicyclic) bond motifs is 2. The summed E-state index contributed by atoms with van der Waals surface area (Å²) in [7, 11) is 1.69. The molecule has 31 heavy (non-hydrogen) atoms. The van der Waals surface area contributed by atoms with Crippen LogP contribution in [-0.2, 0) is 11.8 Å².